The van der Waals surface area contributed by atoms with E-state index in [4.69, 9.17) is 20.4 Å². The molecule has 30 heavy (non-hydrogen) atoms. The van der Waals surface area contributed by atoms with Gasteiger partial charge in [0.15, 0.2) is 0 Å². The summed E-state index contributed by atoms with van der Waals surface area (Å²) in [4.78, 5) is 9.74. The normalized spacial score (nSPS) is 17.6. The second kappa shape index (κ2) is 6.59. The summed E-state index contributed by atoms with van der Waals surface area (Å²) in [6, 6.07) is 12.6. The van der Waals surface area contributed by atoms with Gasteiger partial charge in [0.05, 0.1) is 11.5 Å². The topological polar surface area (TPSA) is 66.0 Å². The number of fused-ring (bicyclic) bond motifs is 5. The van der Waals surface area contributed by atoms with E-state index in [1.165, 1.54) is 12.0 Å². The van der Waals surface area contributed by atoms with Gasteiger partial charge in [-0.1, -0.05) is 42.8 Å². The molecular formula is C25H24N4O. The predicted molar refractivity (Wildman–Crippen MR) is 118 cm³/mol. The summed E-state index contributed by atoms with van der Waals surface area (Å²) >= 11 is 0. The van der Waals surface area contributed by atoms with Crippen molar-refractivity contribution in [1.82, 2.24) is 14.5 Å². The van der Waals surface area contributed by atoms with Gasteiger partial charge in [0.25, 0.3) is 0 Å². The summed E-state index contributed by atoms with van der Waals surface area (Å²) in [6.45, 7) is 0. The van der Waals surface area contributed by atoms with E-state index in [-0.39, 0.29) is 5.92 Å². The molecular weight excluding hydrogens is 372 g/mol. The van der Waals surface area contributed by atoms with Crippen molar-refractivity contribution in [3.63, 3.8) is 0 Å². The Kier molecular flexibility index (Phi) is 3.85. The number of anilines is 1. The van der Waals surface area contributed by atoms with Gasteiger partial charge >= 0.3 is 0 Å². The Morgan fingerprint density at radius 3 is 2.80 bits per heavy atom. The van der Waals surface area contributed by atoms with Crippen LogP contribution >= 0.6 is 0 Å². The van der Waals surface area contributed by atoms with Crippen molar-refractivity contribution in [2.45, 2.75) is 38.0 Å². The number of hydrogen-bond acceptors (Lipinski definition) is 4. The zero-order chi connectivity index (χ0) is 20.2. The minimum Gasteiger partial charge on any atom is -0.438 e. The van der Waals surface area contributed by atoms with Gasteiger partial charge < -0.3 is 15.0 Å². The van der Waals surface area contributed by atoms with Gasteiger partial charge in [-0.3, -0.25) is 0 Å². The molecule has 2 N–H and O–H groups in total. The van der Waals surface area contributed by atoms with Crippen LogP contribution in [0.2, 0.25) is 0 Å². The Balaban J connectivity index is 1.67. The van der Waals surface area contributed by atoms with Crippen LogP contribution in [0.15, 0.2) is 48.8 Å². The smallest absolute Gasteiger partial charge is 0.225 e. The third kappa shape index (κ3) is 2.48. The molecule has 2 aromatic carbocycles. The number of aryl methyl sites for hydroxylation is 2. The van der Waals surface area contributed by atoms with Crippen molar-refractivity contribution >= 4 is 16.5 Å². The molecule has 0 saturated heterocycles. The van der Waals surface area contributed by atoms with E-state index >= 15 is 0 Å². The number of nitrogen functional groups attached to an aromatic ring is 1. The molecule has 0 fully saturated rings. The van der Waals surface area contributed by atoms with Crippen molar-refractivity contribution in [3.05, 3.63) is 77.0 Å². The van der Waals surface area contributed by atoms with Crippen molar-refractivity contribution in [2.75, 3.05) is 5.73 Å². The number of benzene rings is 2. The van der Waals surface area contributed by atoms with Crippen LogP contribution in [0, 0.1) is 0 Å². The Morgan fingerprint density at radius 2 is 1.93 bits per heavy atom. The van der Waals surface area contributed by atoms with Crippen LogP contribution in [-0.2, 0) is 19.9 Å². The molecule has 2 aliphatic rings. The zero-order valence-corrected chi connectivity index (χ0v) is 17.1. The molecule has 0 radical (unpaired) electrons. The third-order valence-electron chi connectivity index (χ3n) is 6.60. The van der Waals surface area contributed by atoms with Crippen LogP contribution in [0.25, 0.3) is 10.8 Å². The van der Waals surface area contributed by atoms with Gasteiger partial charge in [-0.25, -0.2) is 9.97 Å². The molecule has 2 aromatic heterocycles. The Bertz CT molecular complexity index is 1290. The average Bonchev–Trinajstić information content (AvgIpc) is 3.04. The zero-order valence-electron chi connectivity index (χ0n) is 17.1. The minimum absolute atomic E-state index is 0.102. The number of aromatic nitrogens is 3. The van der Waals surface area contributed by atoms with E-state index in [1.54, 1.807) is 0 Å². The van der Waals surface area contributed by atoms with Crippen LogP contribution in [0.5, 0.6) is 11.6 Å². The molecule has 0 amide bonds. The number of imidazole rings is 1. The summed E-state index contributed by atoms with van der Waals surface area (Å²) in [5.74, 6) is 2.37. The van der Waals surface area contributed by atoms with Crippen molar-refractivity contribution in [3.8, 4) is 11.6 Å². The van der Waals surface area contributed by atoms with Gasteiger partial charge in [0, 0.05) is 41.8 Å². The first-order valence-electron chi connectivity index (χ1n) is 10.7. The fraction of sp³-hybridized carbons (Fsp3) is 0.280. The van der Waals surface area contributed by atoms with Crippen LogP contribution in [0.3, 0.4) is 0 Å². The second-order valence-electron chi connectivity index (χ2n) is 8.37. The van der Waals surface area contributed by atoms with Crippen LogP contribution in [0.1, 0.15) is 53.4 Å². The standard InChI is InChI=1S/C25H24N4O/c1-29-14-13-27-24(29)20-18-12-11-15-7-5-6-8-16(15)23(18)30-25-21(20)22(26)17-9-3-2-4-10-19(17)28-25/h5-8,11-14,20H,2-4,9-10H2,1H3,(H2,26,28). The van der Waals surface area contributed by atoms with Crippen molar-refractivity contribution in [1.29, 1.82) is 0 Å². The monoisotopic (exact) mass is 396 g/mol. The molecule has 1 aliphatic heterocycles. The number of nitrogens with two attached hydrogens (primary N) is 1. The van der Waals surface area contributed by atoms with Gasteiger partial charge in [-0.15, -0.1) is 0 Å². The third-order valence-corrected chi connectivity index (χ3v) is 6.60. The number of nitrogens with zero attached hydrogens (tertiary/aromatic N) is 3. The summed E-state index contributed by atoms with van der Waals surface area (Å²) in [5, 5.41) is 2.25. The summed E-state index contributed by atoms with van der Waals surface area (Å²) in [5.41, 5.74) is 12.1. The van der Waals surface area contributed by atoms with Crippen LogP contribution in [-0.4, -0.2) is 14.5 Å². The highest BCUT2D eigenvalue weighted by Crippen LogP contribution is 2.51. The highest BCUT2D eigenvalue weighted by molar-refractivity contribution is 5.91. The molecule has 1 atom stereocenters. The number of rotatable bonds is 1. The summed E-state index contributed by atoms with van der Waals surface area (Å²) in [6.07, 6.45) is 9.31. The molecule has 1 aliphatic carbocycles. The minimum atomic E-state index is -0.102. The Morgan fingerprint density at radius 1 is 1.07 bits per heavy atom. The van der Waals surface area contributed by atoms with E-state index in [1.807, 2.05) is 19.4 Å². The molecule has 5 heteroatoms. The average molecular weight is 396 g/mol. The molecule has 1 unspecified atom stereocenters. The molecule has 0 spiro atoms. The summed E-state index contributed by atoms with van der Waals surface area (Å²) < 4.78 is 8.59. The lowest BCUT2D eigenvalue weighted by Gasteiger charge is -2.30. The lowest BCUT2D eigenvalue weighted by atomic mass is 9.84. The number of pyridine rings is 1. The first kappa shape index (κ1) is 17.5. The lowest BCUT2D eigenvalue weighted by molar-refractivity contribution is 0.434. The quantitative estimate of drug-likeness (QED) is 0.400. The van der Waals surface area contributed by atoms with E-state index in [2.05, 4.69) is 41.0 Å². The number of ether oxygens (including phenoxy) is 1. The predicted octanol–water partition coefficient (Wildman–Crippen LogP) is 5.11. The van der Waals surface area contributed by atoms with Gasteiger partial charge in [0.2, 0.25) is 5.88 Å². The lowest BCUT2D eigenvalue weighted by Crippen LogP contribution is -2.20. The molecule has 0 saturated carbocycles. The summed E-state index contributed by atoms with van der Waals surface area (Å²) in [7, 11) is 2.03. The Labute approximate surface area is 175 Å². The first-order valence-corrected chi connectivity index (χ1v) is 10.7. The largest absolute Gasteiger partial charge is 0.438 e. The van der Waals surface area contributed by atoms with Gasteiger partial charge in [0.1, 0.15) is 11.6 Å². The van der Waals surface area contributed by atoms with Crippen molar-refractivity contribution in [2.24, 2.45) is 7.05 Å². The molecule has 6 rings (SSSR count). The first-order chi connectivity index (χ1) is 14.7. The van der Waals surface area contributed by atoms with Crippen LogP contribution < -0.4 is 10.5 Å². The van der Waals surface area contributed by atoms with Gasteiger partial charge in [-0.05, 0) is 36.6 Å². The maximum absolute atomic E-state index is 6.85. The van der Waals surface area contributed by atoms with Crippen LogP contribution in [0.4, 0.5) is 5.69 Å². The fourth-order valence-corrected chi connectivity index (χ4v) is 5.07. The van der Waals surface area contributed by atoms with E-state index < -0.39 is 0 Å². The van der Waals surface area contributed by atoms with E-state index in [9.17, 15) is 0 Å². The Hall–Kier alpha value is -3.34. The highest BCUT2D eigenvalue weighted by atomic mass is 16.5. The van der Waals surface area contributed by atoms with Crippen molar-refractivity contribution < 1.29 is 4.74 Å². The molecule has 0 bridgehead atoms. The maximum Gasteiger partial charge on any atom is 0.225 e. The molecule has 5 nitrogen and oxygen atoms in total. The molecule has 4 aromatic rings. The fourth-order valence-electron chi connectivity index (χ4n) is 5.07. The molecule has 3 heterocycles. The second-order valence-corrected chi connectivity index (χ2v) is 8.37. The highest BCUT2D eigenvalue weighted by Gasteiger charge is 2.36. The number of hydrogen-bond donors (Lipinski definition) is 1. The maximum atomic E-state index is 6.85. The molecule has 150 valence electrons. The van der Waals surface area contributed by atoms with E-state index in [0.717, 1.165) is 70.5 Å². The SMILES string of the molecule is Cn1ccnc1C1c2ccc3ccccc3c2Oc2nc3c(c(N)c21)CCCCC3. The van der Waals surface area contributed by atoms with Gasteiger partial charge in [-0.2, -0.15) is 0 Å². The van der Waals surface area contributed by atoms with E-state index in [0.29, 0.717) is 5.88 Å².